The summed E-state index contributed by atoms with van der Waals surface area (Å²) in [7, 11) is 1.21. The van der Waals surface area contributed by atoms with Gasteiger partial charge in [-0.25, -0.2) is 4.39 Å². The van der Waals surface area contributed by atoms with Crippen molar-refractivity contribution in [3.05, 3.63) is 69.4 Å². The van der Waals surface area contributed by atoms with Crippen LogP contribution in [0, 0.1) is 5.82 Å². The topological polar surface area (TPSA) is 113 Å². The fourth-order valence-electron chi connectivity index (χ4n) is 3.17. The Labute approximate surface area is 183 Å². The molecule has 2 aromatic heterocycles. The number of carbonyl (C=O) groups is 2. The maximum Gasteiger partial charge on any atom is 0.405 e. The lowest BCUT2D eigenvalue weighted by molar-refractivity contribution is -0.138. The Kier molecular flexibility index (Phi) is 6.65. The van der Waals surface area contributed by atoms with Crippen molar-refractivity contribution >= 4 is 22.8 Å². The third-order valence-electron chi connectivity index (χ3n) is 4.70. The van der Waals surface area contributed by atoms with E-state index in [-0.39, 0.29) is 17.5 Å². The van der Waals surface area contributed by atoms with Crippen molar-refractivity contribution < 1.29 is 32.3 Å². The first-order chi connectivity index (χ1) is 15.5. The molecule has 0 unspecified atom stereocenters. The largest absolute Gasteiger partial charge is 0.505 e. The van der Waals surface area contributed by atoms with Gasteiger partial charge in [-0.05, 0) is 35.7 Å². The molecule has 3 rings (SSSR count). The highest BCUT2D eigenvalue weighted by atomic mass is 19.4. The Hall–Kier alpha value is -3.96. The minimum absolute atomic E-state index is 0.0630. The smallest absolute Gasteiger partial charge is 0.405 e. The number of fused-ring (bicyclic) bond motifs is 1. The van der Waals surface area contributed by atoms with E-state index in [0.29, 0.717) is 11.1 Å². The highest BCUT2D eigenvalue weighted by molar-refractivity contribution is 6.01. The average Bonchev–Trinajstić information content (AvgIpc) is 2.76. The molecule has 33 heavy (non-hydrogen) atoms. The van der Waals surface area contributed by atoms with Crippen LogP contribution in [0.5, 0.6) is 5.75 Å². The zero-order chi connectivity index (χ0) is 24.3. The van der Waals surface area contributed by atoms with Gasteiger partial charge >= 0.3 is 6.18 Å². The molecule has 0 saturated carbocycles. The Balaban J connectivity index is 2.10. The maximum atomic E-state index is 13.1. The molecule has 8 nitrogen and oxygen atoms in total. The summed E-state index contributed by atoms with van der Waals surface area (Å²) in [5, 5.41) is 14.3. The second-order valence-corrected chi connectivity index (χ2v) is 7.10. The number of rotatable bonds is 6. The summed E-state index contributed by atoms with van der Waals surface area (Å²) in [5.41, 5.74) is -0.841. The van der Waals surface area contributed by atoms with E-state index >= 15 is 0 Å². The molecule has 2 amide bonds. The van der Waals surface area contributed by atoms with Crippen molar-refractivity contribution in [2.45, 2.75) is 19.1 Å². The summed E-state index contributed by atoms with van der Waals surface area (Å²) in [4.78, 5) is 41.3. The van der Waals surface area contributed by atoms with Gasteiger partial charge in [0.1, 0.15) is 30.0 Å². The second kappa shape index (κ2) is 9.27. The Bertz CT molecular complexity index is 1270. The fraction of sp³-hybridized carbons (Fsp3) is 0.238. The monoisotopic (exact) mass is 466 g/mol. The van der Waals surface area contributed by atoms with Gasteiger partial charge in [0.05, 0.1) is 5.52 Å². The van der Waals surface area contributed by atoms with E-state index in [1.807, 2.05) is 0 Å². The van der Waals surface area contributed by atoms with Crippen LogP contribution in [0.2, 0.25) is 0 Å². The predicted octanol–water partition coefficient (Wildman–Crippen LogP) is 1.87. The Morgan fingerprint density at radius 1 is 1.15 bits per heavy atom. The van der Waals surface area contributed by atoms with Gasteiger partial charge in [-0.1, -0.05) is 12.1 Å². The van der Waals surface area contributed by atoms with Crippen molar-refractivity contribution in [3.8, 4) is 5.75 Å². The van der Waals surface area contributed by atoms with Crippen molar-refractivity contribution in [3.63, 3.8) is 0 Å². The first-order valence-corrected chi connectivity index (χ1v) is 9.54. The van der Waals surface area contributed by atoms with Gasteiger partial charge in [-0.15, -0.1) is 0 Å². The molecule has 0 spiro atoms. The molecular weight excluding hydrogens is 448 g/mol. The number of nitrogens with one attached hydrogen (secondary N) is 2. The highest BCUT2D eigenvalue weighted by Gasteiger charge is 2.28. The number of benzene rings is 1. The van der Waals surface area contributed by atoms with Gasteiger partial charge in [-0.2, -0.15) is 13.2 Å². The van der Waals surface area contributed by atoms with Crippen molar-refractivity contribution in [1.29, 1.82) is 0 Å². The zero-order valence-electron chi connectivity index (χ0n) is 17.2. The molecule has 1 aromatic carbocycles. The lowest BCUT2D eigenvalue weighted by Gasteiger charge is -2.15. The van der Waals surface area contributed by atoms with Gasteiger partial charge in [-0.3, -0.25) is 23.9 Å². The number of hydrogen-bond acceptors (Lipinski definition) is 5. The number of aromatic hydroxyl groups is 1. The summed E-state index contributed by atoms with van der Waals surface area (Å²) < 4.78 is 51.2. The SMILES string of the molecule is CNC(=O)c1c(O)c2ncc(Cc3ccc(F)cc3)cc2n(CC(=O)NCC(F)(F)F)c1=O. The minimum atomic E-state index is -4.66. The number of aromatic nitrogens is 2. The number of carbonyl (C=O) groups excluding carboxylic acids is 2. The Morgan fingerprint density at radius 2 is 1.82 bits per heavy atom. The van der Waals surface area contributed by atoms with E-state index < -0.39 is 53.8 Å². The molecule has 174 valence electrons. The standard InChI is InChI=1S/C21H18F4N4O4/c1-26-19(32)16-18(31)17-14(29(20(16)33)9-15(30)28-10-21(23,24)25)7-12(8-27-17)6-11-2-4-13(22)5-3-11/h2-5,7-8,31H,6,9-10H2,1H3,(H,26,32)(H,28,30). The third-order valence-corrected chi connectivity index (χ3v) is 4.70. The van der Waals surface area contributed by atoms with Crippen molar-refractivity contribution in [1.82, 2.24) is 20.2 Å². The highest BCUT2D eigenvalue weighted by Crippen LogP contribution is 2.26. The predicted molar refractivity (Wildman–Crippen MR) is 109 cm³/mol. The van der Waals surface area contributed by atoms with E-state index in [9.17, 15) is 37.1 Å². The summed E-state index contributed by atoms with van der Waals surface area (Å²) in [6.07, 6.45) is -3.05. The van der Waals surface area contributed by atoms with Crippen LogP contribution < -0.4 is 16.2 Å². The lowest BCUT2D eigenvalue weighted by atomic mass is 10.1. The molecular formula is C21H18F4N4O4. The van der Waals surface area contributed by atoms with E-state index in [1.54, 1.807) is 5.32 Å². The van der Waals surface area contributed by atoms with Crippen LogP contribution in [0.25, 0.3) is 11.0 Å². The van der Waals surface area contributed by atoms with Crippen LogP contribution in [0.1, 0.15) is 21.5 Å². The first-order valence-electron chi connectivity index (χ1n) is 9.54. The maximum absolute atomic E-state index is 13.1. The van der Waals surface area contributed by atoms with Crippen LogP contribution in [0.3, 0.4) is 0 Å². The zero-order valence-corrected chi connectivity index (χ0v) is 17.2. The van der Waals surface area contributed by atoms with Crippen LogP contribution >= 0.6 is 0 Å². The molecule has 0 aliphatic carbocycles. The van der Waals surface area contributed by atoms with Crippen LogP contribution in [0.4, 0.5) is 17.6 Å². The van der Waals surface area contributed by atoms with Gasteiger partial charge < -0.3 is 15.7 Å². The van der Waals surface area contributed by atoms with E-state index in [2.05, 4.69) is 10.3 Å². The van der Waals surface area contributed by atoms with Gasteiger partial charge in [0.25, 0.3) is 11.5 Å². The minimum Gasteiger partial charge on any atom is -0.505 e. The molecule has 3 N–H and O–H groups in total. The van der Waals surface area contributed by atoms with Gasteiger partial charge in [0.2, 0.25) is 5.91 Å². The summed E-state index contributed by atoms with van der Waals surface area (Å²) in [6.45, 7) is -2.45. The molecule has 2 heterocycles. The number of alkyl halides is 3. The van der Waals surface area contributed by atoms with Crippen molar-refractivity contribution in [2.24, 2.45) is 0 Å². The van der Waals surface area contributed by atoms with Gasteiger partial charge in [0.15, 0.2) is 5.75 Å². The third kappa shape index (κ3) is 5.45. The number of halogens is 4. The number of nitrogens with zero attached hydrogens (tertiary/aromatic N) is 2. The molecule has 0 radical (unpaired) electrons. The molecule has 0 aliphatic heterocycles. The van der Waals surface area contributed by atoms with E-state index in [4.69, 9.17) is 0 Å². The van der Waals surface area contributed by atoms with E-state index in [1.165, 1.54) is 43.6 Å². The van der Waals surface area contributed by atoms with Crippen molar-refractivity contribution in [2.75, 3.05) is 13.6 Å². The van der Waals surface area contributed by atoms with Crippen LogP contribution in [-0.2, 0) is 17.8 Å². The Morgan fingerprint density at radius 3 is 2.42 bits per heavy atom. The molecule has 12 heteroatoms. The molecule has 0 atom stereocenters. The summed E-state index contributed by atoms with van der Waals surface area (Å²) in [5.74, 6) is -3.25. The summed E-state index contributed by atoms with van der Waals surface area (Å²) >= 11 is 0. The number of amides is 2. The number of pyridine rings is 2. The van der Waals surface area contributed by atoms with Crippen LogP contribution in [-0.4, -0.2) is 46.2 Å². The average molecular weight is 466 g/mol. The fourth-order valence-corrected chi connectivity index (χ4v) is 3.17. The van der Waals surface area contributed by atoms with Gasteiger partial charge in [0, 0.05) is 13.2 Å². The molecule has 0 fully saturated rings. The van der Waals surface area contributed by atoms with E-state index in [0.717, 1.165) is 4.57 Å². The number of hydrogen-bond donors (Lipinski definition) is 3. The lowest BCUT2D eigenvalue weighted by Crippen LogP contribution is -2.39. The molecule has 0 aliphatic rings. The summed E-state index contributed by atoms with van der Waals surface area (Å²) in [6, 6.07) is 6.99. The van der Waals surface area contributed by atoms with Crippen LogP contribution in [0.15, 0.2) is 41.3 Å². The quantitative estimate of drug-likeness (QED) is 0.480. The normalized spacial score (nSPS) is 11.4. The molecule has 0 saturated heterocycles. The second-order valence-electron chi connectivity index (χ2n) is 7.10. The first kappa shape index (κ1) is 23.7. The molecule has 0 bridgehead atoms. The molecule has 3 aromatic rings.